The first-order valence-corrected chi connectivity index (χ1v) is 10.4. The predicted molar refractivity (Wildman–Crippen MR) is 115 cm³/mol. The summed E-state index contributed by atoms with van der Waals surface area (Å²) in [6, 6.07) is 8.95. The number of ether oxygens (including phenoxy) is 2. The molecule has 1 aliphatic heterocycles. The minimum Gasteiger partial charge on any atom is -0.471 e. The molecule has 1 saturated heterocycles. The SMILES string of the molecule is Cn1nc(C(=O)N2CCOCC2)cc1C(=O)Nc1cnn(COc2ccc(Br)cc2)c1. The molecule has 0 saturated carbocycles. The van der Waals surface area contributed by atoms with E-state index < -0.39 is 0 Å². The van der Waals surface area contributed by atoms with E-state index >= 15 is 0 Å². The molecule has 0 atom stereocenters. The average molecular weight is 489 g/mol. The van der Waals surface area contributed by atoms with Gasteiger partial charge in [-0.3, -0.25) is 14.3 Å². The fourth-order valence-corrected chi connectivity index (χ4v) is 3.34. The van der Waals surface area contributed by atoms with E-state index in [9.17, 15) is 9.59 Å². The first-order chi connectivity index (χ1) is 15.0. The molecule has 0 unspecified atom stereocenters. The smallest absolute Gasteiger partial charge is 0.274 e. The Labute approximate surface area is 186 Å². The minimum atomic E-state index is -0.385. The fraction of sp³-hybridized carbons (Fsp3) is 0.300. The molecule has 2 aromatic heterocycles. The summed E-state index contributed by atoms with van der Waals surface area (Å²) < 4.78 is 14.8. The lowest BCUT2D eigenvalue weighted by molar-refractivity contribution is 0.0298. The molecule has 10 nitrogen and oxygen atoms in total. The van der Waals surface area contributed by atoms with Gasteiger partial charge in [-0.1, -0.05) is 15.9 Å². The molecule has 3 aromatic rings. The van der Waals surface area contributed by atoms with Crippen molar-refractivity contribution in [2.75, 3.05) is 31.6 Å². The highest BCUT2D eigenvalue weighted by Gasteiger charge is 2.23. The van der Waals surface area contributed by atoms with Crippen molar-refractivity contribution in [2.45, 2.75) is 6.73 Å². The Bertz CT molecular complexity index is 1070. The highest BCUT2D eigenvalue weighted by atomic mass is 79.9. The number of nitrogens with one attached hydrogen (secondary N) is 1. The Morgan fingerprint density at radius 3 is 2.71 bits per heavy atom. The molecule has 0 radical (unpaired) electrons. The van der Waals surface area contributed by atoms with Crippen molar-refractivity contribution in [1.82, 2.24) is 24.5 Å². The van der Waals surface area contributed by atoms with E-state index in [0.29, 0.717) is 37.7 Å². The van der Waals surface area contributed by atoms with Crippen LogP contribution in [0.4, 0.5) is 5.69 Å². The standard InChI is InChI=1S/C20H21BrN6O4/c1-25-18(10-17(24-25)20(29)26-6-8-30-9-7-26)19(28)23-15-11-22-27(12-15)13-31-16-4-2-14(21)3-5-16/h2-5,10-12H,6-9,13H2,1H3,(H,23,28). The van der Waals surface area contributed by atoms with Gasteiger partial charge in [-0.15, -0.1) is 0 Å². The lowest BCUT2D eigenvalue weighted by Crippen LogP contribution is -2.40. The number of carbonyl (C=O) groups is 2. The molecule has 1 N–H and O–H groups in total. The zero-order chi connectivity index (χ0) is 21.8. The van der Waals surface area contributed by atoms with Crippen LogP contribution in [0.1, 0.15) is 21.0 Å². The second kappa shape index (κ2) is 9.31. The Morgan fingerprint density at radius 1 is 1.23 bits per heavy atom. The fourth-order valence-electron chi connectivity index (χ4n) is 3.08. The number of halogens is 1. The number of aromatic nitrogens is 4. The van der Waals surface area contributed by atoms with Crippen LogP contribution < -0.4 is 10.1 Å². The van der Waals surface area contributed by atoms with Gasteiger partial charge in [-0.05, 0) is 24.3 Å². The van der Waals surface area contributed by atoms with E-state index in [1.54, 1.807) is 22.8 Å². The summed E-state index contributed by atoms with van der Waals surface area (Å²) in [5, 5.41) is 11.2. The van der Waals surface area contributed by atoms with Gasteiger partial charge in [0.25, 0.3) is 11.8 Å². The van der Waals surface area contributed by atoms with Crippen molar-refractivity contribution < 1.29 is 19.1 Å². The van der Waals surface area contributed by atoms with Gasteiger partial charge < -0.3 is 19.7 Å². The van der Waals surface area contributed by atoms with Gasteiger partial charge in [0.2, 0.25) is 0 Å². The molecule has 0 aliphatic carbocycles. The largest absolute Gasteiger partial charge is 0.471 e. The maximum absolute atomic E-state index is 12.7. The summed E-state index contributed by atoms with van der Waals surface area (Å²) >= 11 is 3.38. The zero-order valence-electron chi connectivity index (χ0n) is 16.8. The molecule has 0 spiro atoms. The first kappa shape index (κ1) is 21.1. The van der Waals surface area contributed by atoms with Crippen molar-refractivity contribution in [3.05, 3.63) is 58.6 Å². The number of hydrogen-bond acceptors (Lipinski definition) is 6. The van der Waals surface area contributed by atoms with Gasteiger partial charge >= 0.3 is 0 Å². The molecule has 1 aromatic carbocycles. The van der Waals surface area contributed by atoms with Gasteiger partial charge in [0.05, 0.1) is 31.3 Å². The third kappa shape index (κ3) is 5.12. The number of benzene rings is 1. The quantitative estimate of drug-likeness (QED) is 0.569. The normalized spacial score (nSPS) is 13.8. The van der Waals surface area contributed by atoms with Gasteiger partial charge in [0, 0.05) is 30.7 Å². The van der Waals surface area contributed by atoms with Gasteiger partial charge in [0.15, 0.2) is 12.4 Å². The summed E-state index contributed by atoms with van der Waals surface area (Å²) in [5.41, 5.74) is 1.01. The zero-order valence-corrected chi connectivity index (χ0v) is 18.4. The van der Waals surface area contributed by atoms with Crippen LogP contribution in [-0.4, -0.2) is 62.6 Å². The number of anilines is 1. The summed E-state index contributed by atoms with van der Waals surface area (Å²) in [7, 11) is 1.63. The van der Waals surface area contributed by atoms with Crippen LogP contribution in [0.15, 0.2) is 47.2 Å². The van der Waals surface area contributed by atoms with E-state index in [4.69, 9.17) is 9.47 Å². The van der Waals surface area contributed by atoms with Crippen LogP contribution in [0.5, 0.6) is 5.75 Å². The highest BCUT2D eigenvalue weighted by molar-refractivity contribution is 9.10. The molecule has 4 rings (SSSR count). The maximum atomic E-state index is 12.7. The number of carbonyl (C=O) groups excluding carboxylic acids is 2. The molecule has 31 heavy (non-hydrogen) atoms. The van der Waals surface area contributed by atoms with Crippen molar-refractivity contribution >= 4 is 33.4 Å². The number of nitrogens with zero attached hydrogens (tertiary/aromatic N) is 5. The number of amides is 2. The molecular formula is C20H21BrN6O4. The van der Waals surface area contributed by atoms with E-state index in [1.165, 1.54) is 16.9 Å². The van der Waals surface area contributed by atoms with Crippen LogP contribution >= 0.6 is 15.9 Å². The molecule has 1 aliphatic rings. The van der Waals surface area contributed by atoms with Crippen LogP contribution in [0, 0.1) is 0 Å². The Morgan fingerprint density at radius 2 is 1.97 bits per heavy atom. The predicted octanol–water partition coefficient (Wildman–Crippen LogP) is 2.14. The highest BCUT2D eigenvalue weighted by Crippen LogP contribution is 2.17. The summed E-state index contributed by atoms with van der Waals surface area (Å²) in [6.07, 6.45) is 3.19. The van der Waals surface area contributed by atoms with Crippen molar-refractivity contribution in [3.8, 4) is 5.75 Å². The van der Waals surface area contributed by atoms with Crippen molar-refractivity contribution in [2.24, 2.45) is 7.05 Å². The molecule has 3 heterocycles. The lowest BCUT2D eigenvalue weighted by Gasteiger charge is -2.25. The molecule has 1 fully saturated rings. The summed E-state index contributed by atoms with van der Waals surface area (Å²) in [6.45, 7) is 2.22. The molecule has 162 valence electrons. The minimum absolute atomic E-state index is 0.196. The van der Waals surface area contributed by atoms with Crippen LogP contribution in [0.2, 0.25) is 0 Å². The molecular weight excluding hydrogens is 468 g/mol. The van der Waals surface area contributed by atoms with Crippen molar-refractivity contribution in [1.29, 1.82) is 0 Å². The third-order valence-electron chi connectivity index (χ3n) is 4.70. The van der Waals surface area contributed by atoms with Gasteiger partial charge in [-0.2, -0.15) is 10.2 Å². The lowest BCUT2D eigenvalue weighted by atomic mass is 10.3. The topological polar surface area (TPSA) is 104 Å². The van der Waals surface area contributed by atoms with E-state index in [1.807, 2.05) is 24.3 Å². The monoisotopic (exact) mass is 488 g/mol. The van der Waals surface area contributed by atoms with Crippen LogP contribution in [0.3, 0.4) is 0 Å². The summed E-state index contributed by atoms with van der Waals surface area (Å²) in [5.74, 6) is 0.108. The molecule has 11 heteroatoms. The molecule has 2 amide bonds. The number of hydrogen-bond donors (Lipinski definition) is 1. The van der Waals surface area contributed by atoms with Gasteiger partial charge in [0.1, 0.15) is 11.4 Å². The van der Waals surface area contributed by atoms with E-state index in [0.717, 1.165) is 4.47 Å². The van der Waals surface area contributed by atoms with E-state index in [-0.39, 0.29) is 29.9 Å². The Hall–Kier alpha value is -3.18. The second-order valence-corrected chi connectivity index (χ2v) is 7.81. The second-order valence-electron chi connectivity index (χ2n) is 6.89. The third-order valence-corrected chi connectivity index (χ3v) is 5.23. The number of morpholine rings is 1. The van der Waals surface area contributed by atoms with Crippen molar-refractivity contribution in [3.63, 3.8) is 0 Å². The van der Waals surface area contributed by atoms with Crippen LogP contribution in [-0.2, 0) is 18.5 Å². The summed E-state index contributed by atoms with van der Waals surface area (Å²) in [4.78, 5) is 26.9. The molecule has 0 bridgehead atoms. The Balaban J connectivity index is 1.36. The maximum Gasteiger partial charge on any atom is 0.274 e. The van der Waals surface area contributed by atoms with Crippen LogP contribution in [0.25, 0.3) is 0 Å². The first-order valence-electron chi connectivity index (χ1n) is 9.63. The Kier molecular flexibility index (Phi) is 6.33. The average Bonchev–Trinajstić information content (AvgIpc) is 3.39. The number of rotatable bonds is 6. The van der Waals surface area contributed by atoms with Gasteiger partial charge in [-0.25, -0.2) is 4.68 Å². The number of aryl methyl sites for hydroxylation is 1. The van der Waals surface area contributed by atoms with E-state index in [2.05, 4.69) is 31.4 Å².